The molecule has 2 aromatic rings. The van der Waals surface area contributed by atoms with E-state index in [4.69, 9.17) is 27.9 Å². The standard InChI is InChI=1S/C20H19Cl2NO3/c1-13(16-4-2-3-5-17(16)22)23-18(24)12-26-19(25)20(10-11-20)14-6-8-15(21)9-7-14/h2-9,13H,10-12H2,1H3,(H,23,24)/t13-/m0/s1. The summed E-state index contributed by atoms with van der Waals surface area (Å²) in [6.07, 6.45) is 1.43. The third kappa shape index (κ3) is 4.02. The molecule has 3 rings (SSSR count). The summed E-state index contributed by atoms with van der Waals surface area (Å²) in [5.41, 5.74) is 1.05. The number of carbonyl (C=O) groups excluding carboxylic acids is 2. The Morgan fingerprint density at radius 1 is 1.12 bits per heavy atom. The molecular formula is C20H19Cl2NO3. The molecule has 0 unspecified atom stereocenters. The summed E-state index contributed by atoms with van der Waals surface area (Å²) in [7, 11) is 0. The highest BCUT2D eigenvalue weighted by Gasteiger charge is 2.52. The summed E-state index contributed by atoms with van der Waals surface area (Å²) in [6, 6.07) is 14.2. The minimum atomic E-state index is -0.640. The van der Waals surface area contributed by atoms with Crippen molar-refractivity contribution in [1.29, 1.82) is 0 Å². The zero-order valence-electron chi connectivity index (χ0n) is 14.3. The lowest BCUT2D eigenvalue weighted by Crippen LogP contribution is -2.33. The van der Waals surface area contributed by atoms with Gasteiger partial charge in [-0.15, -0.1) is 0 Å². The van der Waals surface area contributed by atoms with E-state index in [2.05, 4.69) is 5.32 Å². The Bertz CT molecular complexity index is 816. The summed E-state index contributed by atoms with van der Waals surface area (Å²) in [5, 5.41) is 3.99. The molecule has 0 spiro atoms. The second kappa shape index (κ2) is 7.68. The van der Waals surface area contributed by atoms with E-state index in [0.717, 1.165) is 11.1 Å². The van der Waals surface area contributed by atoms with Crippen LogP contribution in [0, 0.1) is 0 Å². The Hall–Kier alpha value is -2.04. The van der Waals surface area contributed by atoms with Crippen molar-refractivity contribution < 1.29 is 14.3 Å². The van der Waals surface area contributed by atoms with Crippen molar-refractivity contribution >= 4 is 35.1 Å². The first kappa shape index (κ1) is 18.7. The van der Waals surface area contributed by atoms with Crippen LogP contribution in [-0.2, 0) is 19.7 Å². The number of hydrogen-bond acceptors (Lipinski definition) is 3. The summed E-state index contributed by atoms with van der Waals surface area (Å²) in [6.45, 7) is 1.51. The largest absolute Gasteiger partial charge is 0.455 e. The van der Waals surface area contributed by atoms with Crippen LogP contribution in [0.15, 0.2) is 48.5 Å². The minimum absolute atomic E-state index is 0.277. The lowest BCUT2D eigenvalue weighted by atomic mass is 9.96. The van der Waals surface area contributed by atoms with Gasteiger partial charge in [-0.1, -0.05) is 53.5 Å². The molecule has 0 heterocycles. The number of nitrogens with one attached hydrogen (secondary N) is 1. The van der Waals surface area contributed by atoms with Crippen LogP contribution in [0.4, 0.5) is 0 Å². The number of carbonyl (C=O) groups is 2. The van der Waals surface area contributed by atoms with Crippen LogP contribution in [0.1, 0.15) is 36.9 Å². The van der Waals surface area contributed by atoms with Crippen molar-refractivity contribution in [3.05, 3.63) is 69.7 Å². The van der Waals surface area contributed by atoms with Crippen LogP contribution in [0.2, 0.25) is 10.0 Å². The van der Waals surface area contributed by atoms with E-state index in [-0.39, 0.29) is 24.5 Å². The molecule has 0 aromatic heterocycles. The van der Waals surface area contributed by atoms with E-state index in [1.165, 1.54) is 0 Å². The van der Waals surface area contributed by atoms with Gasteiger partial charge in [0.2, 0.25) is 0 Å². The predicted molar refractivity (Wildman–Crippen MR) is 101 cm³/mol. The Labute approximate surface area is 162 Å². The van der Waals surface area contributed by atoms with Crippen LogP contribution in [0.5, 0.6) is 0 Å². The molecule has 1 fully saturated rings. The van der Waals surface area contributed by atoms with Gasteiger partial charge in [-0.25, -0.2) is 0 Å². The Morgan fingerprint density at radius 3 is 2.38 bits per heavy atom. The molecule has 2 aromatic carbocycles. The lowest BCUT2D eigenvalue weighted by molar-refractivity contribution is -0.151. The van der Waals surface area contributed by atoms with E-state index in [1.807, 2.05) is 37.3 Å². The zero-order chi connectivity index (χ0) is 18.7. The fourth-order valence-corrected chi connectivity index (χ4v) is 3.39. The topological polar surface area (TPSA) is 55.4 Å². The third-order valence-corrected chi connectivity index (χ3v) is 5.22. The van der Waals surface area contributed by atoms with E-state index in [1.54, 1.807) is 18.2 Å². The molecule has 4 nitrogen and oxygen atoms in total. The van der Waals surface area contributed by atoms with Crippen LogP contribution < -0.4 is 5.32 Å². The maximum Gasteiger partial charge on any atom is 0.317 e. The first-order valence-corrected chi connectivity index (χ1v) is 9.15. The van der Waals surface area contributed by atoms with Gasteiger partial charge in [0, 0.05) is 10.0 Å². The summed E-state index contributed by atoms with van der Waals surface area (Å²) < 4.78 is 5.27. The molecule has 1 aliphatic rings. The summed E-state index contributed by atoms with van der Waals surface area (Å²) in [4.78, 5) is 24.6. The van der Waals surface area contributed by atoms with Gasteiger partial charge in [0.05, 0.1) is 11.5 Å². The molecule has 1 atom stereocenters. The molecule has 0 saturated heterocycles. The van der Waals surface area contributed by atoms with Crippen LogP contribution >= 0.6 is 23.2 Å². The Morgan fingerprint density at radius 2 is 1.77 bits per heavy atom. The zero-order valence-corrected chi connectivity index (χ0v) is 15.8. The number of rotatable bonds is 6. The van der Waals surface area contributed by atoms with E-state index < -0.39 is 5.41 Å². The maximum atomic E-state index is 12.5. The summed E-state index contributed by atoms with van der Waals surface area (Å²) in [5.74, 6) is -0.738. The van der Waals surface area contributed by atoms with Crippen LogP contribution in [0.25, 0.3) is 0 Å². The van der Waals surface area contributed by atoms with Crippen molar-refractivity contribution in [1.82, 2.24) is 5.32 Å². The van der Waals surface area contributed by atoms with Crippen molar-refractivity contribution in [2.45, 2.75) is 31.2 Å². The molecule has 1 saturated carbocycles. The number of amides is 1. The minimum Gasteiger partial charge on any atom is -0.455 e. The average Bonchev–Trinajstić information content (AvgIpc) is 3.42. The van der Waals surface area contributed by atoms with E-state index >= 15 is 0 Å². The first-order valence-electron chi connectivity index (χ1n) is 8.39. The fourth-order valence-electron chi connectivity index (χ4n) is 2.96. The van der Waals surface area contributed by atoms with Crippen molar-refractivity contribution in [3.63, 3.8) is 0 Å². The normalized spacial score (nSPS) is 15.8. The molecule has 0 aliphatic heterocycles. The monoisotopic (exact) mass is 391 g/mol. The smallest absolute Gasteiger partial charge is 0.317 e. The van der Waals surface area contributed by atoms with Crippen molar-refractivity contribution in [3.8, 4) is 0 Å². The molecule has 136 valence electrons. The van der Waals surface area contributed by atoms with Gasteiger partial charge >= 0.3 is 5.97 Å². The molecule has 0 radical (unpaired) electrons. The molecule has 26 heavy (non-hydrogen) atoms. The average molecular weight is 392 g/mol. The number of esters is 1. The Balaban J connectivity index is 1.55. The number of benzene rings is 2. The van der Waals surface area contributed by atoms with Gasteiger partial charge in [-0.3, -0.25) is 9.59 Å². The number of ether oxygens (including phenoxy) is 1. The number of halogens is 2. The van der Waals surface area contributed by atoms with Crippen molar-refractivity contribution in [2.75, 3.05) is 6.61 Å². The quantitative estimate of drug-likeness (QED) is 0.740. The van der Waals surface area contributed by atoms with Gasteiger partial charge in [-0.05, 0) is 49.1 Å². The maximum absolute atomic E-state index is 12.5. The molecular weight excluding hydrogens is 373 g/mol. The van der Waals surface area contributed by atoms with Gasteiger partial charge in [-0.2, -0.15) is 0 Å². The highest BCUT2D eigenvalue weighted by molar-refractivity contribution is 6.31. The number of hydrogen-bond donors (Lipinski definition) is 1. The van der Waals surface area contributed by atoms with E-state index in [0.29, 0.717) is 22.9 Å². The highest BCUT2D eigenvalue weighted by Crippen LogP contribution is 2.49. The van der Waals surface area contributed by atoms with Gasteiger partial charge in [0.1, 0.15) is 0 Å². The van der Waals surface area contributed by atoms with Gasteiger partial charge < -0.3 is 10.1 Å². The molecule has 1 aliphatic carbocycles. The fraction of sp³-hybridized carbons (Fsp3) is 0.300. The first-order chi connectivity index (χ1) is 12.4. The highest BCUT2D eigenvalue weighted by atomic mass is 35.5. The molecule has 1 amide bonds. The van der Waals surface area contributed by atoms with Gasteiger partial charge in [0.15, 0.2) is 6.61 Å². The molecule has 6 heteroatoms. The molecule has 1 N–H and O–H groups in total. The summed E-state index contributed by atoms with van der Waals surface area (Å²) >= 11 is 12.0. The second-order valence-electron chi connectivity index (χ2n) is 6.48. The predicted octanol–water partition coefficient (Wildman–Crippen LogP) is 4.45. The lowest BCUT2D eigenvalue weighted by Gasteiger charge is -2.17. The third-order valence-electron chi connectivity index (χ3n) is 4.62. The SMILES string of the molecule is C[C@H](NC(=O)COC(=O)C1(c2ccc(Cl)cc2)CC1)c1ccccc1Cl. The van der Waals surface area contributed by atoms with Crippen molar-refractivity contribution in [2.24, 2.45) is 0 Å². The van der Waals surface area contributed by atoms with Crippen LogP contribution in [-0.4, -0.2) is 18.5 Å². The second-order valence-corrected chi connectivity index (χ2v) is 7.32. The molecule has 0 bridgehead atoms. The van der Waals surface area contributed by atoms with E-state index in [9.17, 15) is 9.59 Å². The van der Waals surface area contributed by atoms with Gasteiger partial charge in [0.25, 0.3) is 5.91 Å². The Kier molecular flexibility index (Phi) is 5.54. The van der Waals surface area contributed by atoms with Crippen LogP contribution in [0.3, 0.4) is 0 Å².